The third-order valence-corrected chi connectivity index (χ3v) is 7.19. The zero-order valence-electron chi connectivity index (χ0n) is 16.1. The van der Waals surface area contributed by atoms with Crippen molar-refractivity contribution in [2.75, 3.05) is 38.7 Å². The van der Waals surface area contributed by atoms with Crippen molar-refractivity contribution >= 4 is 44.1 Å². The molecule has 1 aromatic heterocycles. The summed E-state index contributed by atoms with van der Waals surface area (Å²) in [4.78, 5) is 15.8. The number of nitrogens with one attached hydrogen (secondary N) is 2. The number of rotatable bonds is 5. The summed E-state index contributed by atoms with van der Waals surface area (Å²) in [7, 11) is -2.41. The molecule has 1 amide bonds. The summed E-state index contributed by atoms with van der Waals surface area (Å²) in [6.45, 7) is 1.17. The van der Waals surface area contributed by atoms with Crippen molar-refractivity contribution in [3.8, 4) is 5.75 Å². The Morgan fingerprint density at radius 3 is 2.63 bits per heavy atom. The molecule has 0 bridgehead atoms. The predicted octanol–water partition coefficient (Wildman–Crippen LogP) is 3.10. The lowest BCUT2D eigenvalue weighted by atomic mass is 10.2. The molecule has 0 unspecified atom stereocenters. The molecular formula is C20H20ClN3O5S. The number of nitrogens with zero attached hydrogens (tertiary/aromatic N) is 1. The van der Waals surface area contributed by atoms with Crippen molar-refractivity contribution < 1.29 is 22.7 Å². The van der Waals surface area contributed by atoms with E-state index in [-0.39, 0.29) is 29.4 Å². The summed E-state index contributed by atoms with van der Waals surface area (Å²) in [5, 5.41) is 3.74. The highest BCUT2D eigenvalue weighted by atomic mass is 35.5. The summed E-state index contributed by atoms with van der Waals surface area (Å²) in [5.41, 5.74) is 1.24. The van der Waals surface area contributed by atoms with Gasteiger partial charge in [-0.25, -0.2) is 8.42 Å². The summed E-state index contributed by atoms with van der Waals surface area (Å²) in [6, 6.07) is 11.8. The number of halogens is 1. The van der Waals surface area contributed by atoms with E-state index in [0.717, 1.165) is 10.9 Å². The molecular weight excluding hydrogens is 430 g/mol. The molecule has 2 N–H and O–H groups in total. The first-order chi connectivity index (χ1) is 14.4. The molecule has 0 aliphatic carbocycles. The number of amides is 1. The van der Waals surface area contributed by atoms with Crippen LogP contribution >= 0.6 is 11.6 Å². The van der Waals surface area contributed by atoms with Gasteiger partial charge in [-0.05, 0) is 24.3 Å². The number of carbonyl (C=O) groups excluding carboxylic acids is 1. The highest BCUT2D eigenvalue weighted by Gasteiger charge is 2.30. The zero-order valence-corrected chi connectivity index (χ0v) is 17.7. The quantitative estimate of drug-likeness (QED) is 0.623. The molecule has 0 saturated carbocycles. The van der Waals surface area contributed by atoms with Gasteiger partial charge in [-0.3, -0.25) is 4.79 Å². The van der Waals surface area contributed by atoms with Crippen LogP contribution in [0.5, 0.6) is 5.75 Å². The highest BCUT2D eigenvalue weighted by molar-refractivity contribution is 7.89. The zero-order chi connectivity index (χ0) is 21.3. The Labute approximate surface area is 178 Å². The number of carbonyl (C=O) groups is 1. The number of H-pyrrole nitrogens is 1. The summed E-state index contributed by atoms with van der Waals surface area (Å²) >= 11 is 6.34. The number of hydrogen-bond donors (Lipinski definition) is 2. The van der Waals surface area contributed by atoms with E-state index in [4.69, 9.17) is 21.1 Å². The maximum atomic E-state index is 13.1. The predicted molar refractivity (Wildman–Crippen MR) is 114 cm³/mol. The second-order valence-corrected chi connectivity index (χ2v) is 8.98. The lowest BCUT2D eigenvalue weighted by molar-refractivity contribution is 0.0729. The average Bonchev–Trinajstić information content (AvgIpc) is 3.11. The number of morpholine rings is 1. The number of fused-ring (bicyclic) bond motifs is 1. The molecule has 0 radical (unpaired) electrons. The average molecular weight is 450 g/mol. The minimum Gasteiger partial charge on any atom is -0.495 e. The first-order valence-electron chi connectivity index (χ1n) is 9.25. The van der Waals surface area contributed by atoms with Crippen molar-refractivity contribution in [2.24, 2.45) is 0 Å². The van der Waals surface area contributed by atoms with Gasteiger partial charge in [0.15, 0.2) is 0 Å². The second kappa shape index (κ2) is 8.27. The number of aromatic amines is 1. The van der Waals surface area contributed by atoms with Gasteiger partial charge in [-0.2, -0.15) is 4.31 Å². The molecule has 158 valence electrons. The van der Waals surface area contributed by atoms with E-state index in [2.05, 4.69) is 10.3 Å². The Hall–Kier alpha value is -2.59. The van der Waals surface area contributed by atoms with E-state index in [1.807, 2.05) is 24.3 Å². The molecule has 10 heteroatoms. The van der Waals surface area contributed by atoms with E-state index in [0.29, 0.717) is 23.9 Å². The van der Waals surface area contributed by atoms with Crippen molar-refractivity contribution in [1.29, 1.82) is 0 Å². The third kappa shape index (κ3) is 3.77. The minimum atomic E-state index is -3.81. The fraction of sp³-hybridized carbons (Fsp3) is 0.250. The summed E-state index contributed by atoms with van der Waals surface area (Å²) < 4.78 is 38.0. The van der Waals surface area contributed by atoms with Crippen molar-refractivity contribution in [3.63, 3.8) is 0 Å². The first-order valence-corrected chi connectivity index (χ1v) is 11.1. The lowest BCUT2D eigenvalue weighted by Gasteiger charge is -2.26. The number of ether oxygens (including phenoxy) is 2. The Bertz CT molecular complexity index is 1200. The number of hydrogen-bond acceptors (Lipinski definition) is 5. The van der Waals surface area contributed by atoms with Crippen LogP contribution in [0, 0.1) is 0 Å². The standard InChI is InChI=1S/C20H20ClN3O5S/c1-28-16-7-6-13(12-17(16)30(26,27)24-8-10-29-11-9-24)22-20(25)19-18(21)14-4-2-3-5-15(14)23-19/h2-7,12,23H,8-11H2,1H3,(H,22,25). The van der Waals surface area contributed by atoms with E-state index in [9.17, 15) is 13.2 Å². The maximum Gasteiger partial charge on any atom is 0.273 e. The molecule has 1 fully saturated rings. The number of anilines is 1. The lowest BCUT2D eigenvalue weighted by Crippen LogP contribution is -2.40. The van der Waals surface area contributed by atoms with Gasteiger partial charge in [0, 0.05) is 29.7 Å². The summed E-state index contributed by atoms with van der Waals surface area (Å²) in [6.07, 6.45) is 0. The molecule has 8 nitrogen and oxygen atoms in total. The van der Waals surface area contributed by atoms with E-state index in [1.54, 1.807) is 6.07 Å². The van der Waals surface area contributed by atoms with Gasteiger partial charge >= 0.3 is 0 Å². The van der Waals surface area contributed by atoms with Crippen molar-refractivity contribution in [2.45, 2.75) is 4.90 Å². The fourth-order valence-electron chi connectivity index (χ4n) is 3.34. The Balaban J connectivity index is 1.65. The number of sulfonamides is 1. The molecule has 30 heavy (non-hydrogen) atoms. The second-order valence-electron chi connectivity index (χ2n) is 6.70. The molecule has 1 aliphatic rings. The van der Waals surface area contributed by atoms with Gasteiger partial charge < -0.3 is 19.8 Å². The number of methoxy groups -OCH3 is 1. The molecule has 2 aromatic carbocycles. The van der Waals surface area contributed by atoms with Crippen molar-refractivity contribution in [1.82, 2.24) is 9.29 Å². The van der Waals surface area contributed by atoms with Crippen LogP contribution in [-0.4, -0.2) is 57.0 Å². The van der Waals surface area contributed by atoms with Gasteiger partial charge in [0.25, 0.3) is 5.91 Å². The Morgan fingerprint density at radius 2 is 1.93 bits per heavy atom. The highest BCUT2D eigenvalue weighted by Crippen LogP contribution is 2.31. The van der Waals surface area contributed by atoms with E-state index in [1.165, 1.54) is 23.5 Å². The Morgan fingerprint density at radius 1 is 1.20 bits per heavy atom. The van der Waals surface area contributed by atoms with Gasteiger partial charge in [0.1, 0.15) is 16.3 Å². The molecule has 3 aromatic rings. The van der Waals surface area contributed by atoms with Gasteiger partial charge in [-0.1, -0.05) is 29.8 Å². The van der Waals surface area contributed by atoms with Crippen LogP contribution < -0.4 is 10.1 Å². The molecule has 1 aliphatic heterocycles. The number of benzene rings is 2. The first kappa shape index (κ1) is 20.7. The smallest absolute Gasteiger partial charge is 0.273 e. The molecule has 0 atom stereocenters. The number of para-hydroxylation sites is 1. The SMILES string of the molecule is COc1ccc(NC(=O)c2[nH]c3ccccc3c2Cl)cc1S(=O)(=O)N1CCOCC1. The normalized spacial score (nSPS) is 15.3. The van der Waals surface area contributed by atoms with Crippen molar-refractivity contribution in [3.05, 3.63) is 53.2 Å². The van der Waals surface area contributed by atoms with Crippen LogP contribution in [0.2, 0.25) is 5.02 Å². The minimum absolute atomic E-state index is 0.0209. The van der Waals surface area contributed by atoms with Gasteiger partial charge in [0.05, 0.1) is 25.3 Å². The van der Waals surface area contributed by atoms with Crippen LogP contribution in [0.4, 0.5) is 5.69 Å². The van der Waals surface area contributed by atoms with Crippen LogP contribution in [-0.2, 0) is 14.8 Å². The van der Waals surface area contributed by atoms with Crippen LogP contribution in [0.25, 0.3) is 10.9 Å². The topological polar surface area (TPSA) is 101 Å². The summed E-state index contributed by atoms with van der Waals surface area (Å²) in [5.74, 6) is -0.278. The Kier molecular flexibility index (Phi) is 5.70. The van der Waals surface area contributed by atoms with Crippen LogP contribution in [0.3, 0.4) is 0 Å². The monoisotopic (exact) mass is 449 g/mol. The van der Waals surface area contributed by atoms with Gasteiger partial charge in [0.2, 0.25) is 10.0 Å². The number of aromatic nitrogens is 1. The largest absolute Gasteiger partial charge is 0.495 e. The molecule has 1 saturated heterocycles. The van der Waals surface area contributed by atoms with Gasteiger partial charge in [-0.15, -0.1) is 0 Å². The molecule has 0 spiro atoms. The van der Waals surface area contributed by atoms with E-state index < -0.39 is 15.9 Å². The molecule has 4 rings (SSSR count). The van der Waals surface area contributed by atoms with Crippen LogP contribution in [0.15, 0.2) is 47.4 Å². The van der Waals surface area contributed by atoms with Crippen LogP contribution in [0.1, 0.15) is 10.5 Å². The maximum absolute atomic E-state index is 13.1. The van der Waals surface area contributed by atoms with E-state index >= 15 is 0 Å². The molecule has 2 heterocycles. The fourth-order valence-corrected chi connectivity index (χ4v) is 5.23. The third-order valence-electron chi connectivity index (χ3n) is 4.88.